The Balaban J connectivity index is 0.00000294. The van der Waals surface area contributed by atoms with E-state index in [-0.39, 0.29) is 31.7 Å². The molecule has 21 nitrogen and oxygen atoms in total. The Hall–Kier alpha value is -3.00. The summed E-state index contributed by atoms with van der Waals surface area (Å²) in [5.74, 6) is -3.59. The van der Waals surface area contributed by atoms with Gasteiger partial charge >= 0.3 is 5.97 Å². The van der Waals surface area contributed by atoms with Crippen molar-refractivity contribution in [3.05, 3.63) is 23.8 Å². The molecule has 4 aliphatic rings. The molecule has 4 rings (SSSR count). The molecular formula is C47H78NO20-. The van der Waals surface area contributed by atoms with Crippen LogP contribution in [0.4, 0.5) is 4.79 Å². The molecule has 0 bridgehead atoms. The molecule has 0 aliphatic carbocycles. The van der Waals surface area contributed by atoms with E-state index in [0.29, 0.717) is 12.0 Å². The topological polar surface area (TPSA) is 299 Å². The van der Waals surface area contributed by atoms with Gasteiger partial charge in [-0.25, -0.2) is 0 Å². The molecule has 21 heteroatoms. The lowest BCUT2D eigenvalue weighted by Gasteiger charge is -2.50. The van der Waals surface area contributed by atoms with Gasteiger partial charge in [0.05, 0.1) is 55.2 Å². The van der Waals surface area contributed by atoms with Crippen molar-refractivity contribution in [1.29, 1.82) is 0 Å². The van der Waals surface area contributed by atoms with E-state index in [2.05, 4.69) is 0 Å². The summed E-state index contributed by atoms with van der Waals surface area (Å²) in [4.78, 5) is 50.0. The van der Waals surface area contributed by atoms with Gasteiger partial charge in [-0.1, -0.05) is 38.5 Å². The minimum atomic E-state index is -2.08. The Morgan fingerprint density at radius 3 is 2.07 bits per heavy atom. The fourth-order valence-corrected chi connectivity index (χ4v) is 9.51. The van der Waals surface area contributed by atoms with Crippen molar-refractivity contribution in [2.45, 2.75) is 191 Å². The van der Waals surface area contributed by atoms with Crippen LogP contribution in [0.2, 0.25) is 0 Å². The first kappa shape index (κ1) is 59.3. The molecule has 0 radical (unpaired) electrons. The lowest BCUT2D eigenvalue weighted by Crippen LogP contribution is -2.65. The van der Waals surface area contributed by atoms with Crippen LogP contribution in [0.25, 0.3) is 0 Å². The summed E-state index contributed by atoms with van der Waals surface area (Å²) in [6.07, 6.45) is -10.6. The number of allylic oxidation sites excluding steroid dienone is 3. The fourth-order valence-electron chi connectivity index (χ4n) is 9.51. The number of carbonyl (C=O) groups excluding carboxylic acids is 3. The van der Waals surface area contributed by atoms with Crippen molar-refractivity contribution in [3.63, 3.8) is 0 Å². The number of aldehydes is 1. The average molecular weight is 977 g/mol. The Morgan fingerprint density at radius 2 is 1.51 bits per heavy atom. The highest BCUT2D eigenvalue weighted by atomic mass is 16.7. The number of likely N-dealkylation sites (N-methyl/N-ethyl adjacent to an activating group) is 1. The maximum absolute atomic E-state index is 13.8. The minimum absolute atomic E-state index is 0.00788. The van der Waals surface area contributed by atoms with Crippen molar-refractivity contribution in [1.82, 2.24) is 4.90 Å². The molecule has 0 saturated carbocycles. The molecule has 0 aromatic carbocycles. The van der Waals surface area contributed by atoms with Crippen LogP contribution >= 0.6 is 0 Å². The minimum Gasteiger partial charge on any atom is -0.565 e. The number of rotatable bonds is 13. The molecule has 4 heterocycles. The Labute approximate surface area is 399 Å². The first-order valence-electron chi connectivity index (χ1n) is 23.3. The number of hydrogen-bond donors (Lipinski definition) is 6. The van der Waals surface area contributed by atoms with Crippen molar-refractivity contribution >= 4 is 24.2 Å². The van der Waals surface area contributed by atoms with E-state index in [9.17, 15) is 39.9 Å². The standard InChI is InChI=1S/C46H77NO17.CH2O3/c1-13-33-30(22-58-45-42(57-12)41(56-11)37(52)26(5)60-45)18-23(2)14-15-31(49)24(3)19-29(16-17-48)39(25(4)32(50)20-34(51)62-33)64-44-38(53)36(47(9)10)40(27(6)61-44)63-35-21-46(8,55)43(54)28(7)59-35;2-1(3)4/h14-15,17-18,24-30,32-33,35-45,50,52-55H,13,16,19-22H2,1-12H3;(H2,2,3,4)/p-1/b15-14+,23-18+;/t24-,25+,26-,27-,28+,29+,30?,32-,33-,35+,36-,37-,38-,39-,40-,41-,42-,43+,44-,45-,46-;/m1./s1. The number of carbonyl (C=O) groups is 4. The highest BCUT2D eigenvalue weighted by Crippen LogP contribution is 2.37. The monoisotopic (exact) mass is 977 g/mol. The third-order valence-corrected chi connectivity index (χ3v) is 13.4. The third-order valence-electron chi connectivity index (χ3n) is 13.4. The second-order valence-corrected chi connectivity index (χ2v) is 19.0. The van der Waals surface area contributed by atoms with E-state index in [1.807, 2.05) is 19.9 Å². The van der Waals surface area contributed by atoms with Gasteiger partial charge in [0.1, 0.15) is 49.0 Å². The number of aliphatic hydroxyl groups excluding tert-OH is 4. The Kier molecular flexibility index (Phi) is 23.5. The second-order valence-electron chi connectivity index (χ2n) is 19.0. The van der Waals surface area contributed by atoms with Crippen molar-refractivity contribution in [2.75, 3.05) is 34.9 Å². The largest absolute Gasteiger partial charge is 0.565 e. The van der Waals surface area contributed by atoms with Crippen LogP contribution in [0.1, 0.15) is 87.5 Å². The van der Waals surface area contributed by atoms with Crippen LogP contribution in [0, 0.1) is 23.7 Å². The van der Waals surface area contributed by atoms with Crippen LogP contribution in [0.3, 0.4) is 0 Å². The molecule has 6 N–H and O–H groups in total. The number of ketones is 1. The molecule has 3 fully saturated rings. The van der Waals surface area contributed by atoms with Crippen molar-refractivity contribution in [2.24, 2.45) is 23.7 Å². The summed E-state index contributed by atoms with van der Waals surface area (Å²) in [6, 6.07) is -0.748. The molecule has 21 atom stereocenters. The first-order valence-corrected chi connectivity index (χ1v) is 23.3. The SMILES string of the molecule is CC[C@H]1OC(=O)C[C@@H](O)[C@H](C)[C@@H](O[C@H]2O[C@H](C)[C@@H](O[C@H]3C[C@@](C)(O)[C@@H](O)[C@H](C)O3)[C@H](N(C)C)[C@H]2O)[C@@H](CC=O)C[C@@H](C)C(=O)/C=C/C(C)=C/C1CO[C@@H]1O[C@H](C)[C@@H](O)[C@@H](OC)[C@H]1OC.O=C([O-])O. The quantitative estimate of drug-likeness (QED) is 0.109. The second kappa shape index (κ2) is 27.0. The lowest BCUT2D eigenvalue weighted by molar-refractivity contribution is -0.341. The van der Waals surface area contributed by atoms with Crippen molar-refractivity contribution < 1.29 is 97.6 Å². The molecular weight excluding hydrogens is 899 g/mol. The lowest BCUT2D eigenvalue weighted by atomic mass is 9.79. The summed E-state index contributed by atoms with van der Waals surface area (Å²) >= 11 is 0. The molecule has 4 aliphatic heterocycles. The van der Waals surface area contributed by atoms with Gasteiger partial charge in [0, 0.05) is 44.8 Å². The predicted octanol–water partition coefficient (Wildman–Crippen LogP) is 0.721. The normalized spacial score (nSPS) is 43.6. The van der Waals surface area contributed by atoms with Gasteiger partial charge in [-0.2, -0.15) is 0 Å². The van der Waals surface area contributed by atoms with Crippen molar-refractivity contribution in [3.8, 4) is 0 Å². The van der Waals surface area contributed by atoms with E-state index in [4.69, 9.17) is 57.6 Å². The maximum atomic E-state index is 13.8. The van der Waals surface area contributed by atoms with Gasteiger partial charge in [0.2, 0.25) is 6.16 Å². The molecule has 392 valence electrons. The van der Waals surface area contributed by atoms with Gasteiger partial charge < -0.3 is 92.9 Å². The van der Waals surface area contributed by atoms with Gasteiger partial charge in [0.25, 0.3) is 0 Å². The number of cyclic esters (lactones) is 1. The van der Waals surface area contributed by atoms with Crippen LogP contribution in [0.15, 0.2) is 23.8 Å². The third kappa shape index (κ3) is 16.0. The number of esters is 1. The smallest absolute Gasteiger partial charge is 0.308 e. The number of nitrogens with zero attached hydrogens (tertiary/aromatic N) is 1. The zero-order chi connectivity index (χ0) is 51.4. The molecule has 0 spiro atoms. The van der Waals surface area contributed by atoms with E-state index in [1.54, 1.807) is 59.7 Å². The number of ether oxygens (including phenoxy) is 9. The highest BCUT2D eigenvalue weighted by molar-refractivity contribution is 5.91. The van der Waals surface area contributed by atoms with E-state index in [0.717, 1.165) is 6.29 Å². The van der Waals surface area contributed by atoms with Crippen LogP contribution in [-0.2, 0) is 57.0 Å². The van der Waals surface area contributed by atoms with Gasteiger partial charge in [-0.15, -0.1) is 0 Å². The highest BCUT2D eigenvalue weighted by Gasteiger charge is 2.52. The zero-order valence-corrected chi connectivity index (χ0v) is 41.4. The summed E-state index contributed by atoms with van der Waals surface area (Å²) in [5, 5.41) is 71.1. The molecule has 3 saturated heterocycles. The molecule has 0 aromatic rings. The Morgan fingerprint density at radius 1 is 0.897 bits per heavy atom. The number of aliphatic hydroxyl groups is 5. The zero-order valence-electron chi connectivity index (χ0n) is 41.4. The fraction of sp³-hybridized carbons (Fsp3) is 0.830. The first-order chi connectivity index (χ1) is 31.8. The van der Waals surface area contributed by atoms with Gasteiger partial charge in [-0.05, 0) is 73.5 Å². The number of methoxy groups -OCH3 is 2. The van der Waals surface area contributed by atoms with E-state index >= 15 is 0 Å². The molecule has 0 amide bonds. The van der Waals surface area contributed by atoms with Gasteiger partial charge in [0.15, 0.2) is 24.7 Å². The summed E-state index contributed by atoms with van der Waals surface area (Å²) in [5.41, 5.74) is -0.806. The molecule has 1 unspecified atom stereocenters. The number of hydrogen-bond acceptors (Lipinski definition) is 20. The van der Waals surface area contributed by atoms with Crippen LogP contribution < -0.4 is 5.11 Å². The summed E-state index contributed by atoms with van der Waals surface area (Å²) in [7, 11) is 6.43. The Bertz CT molecular complexity index is 1660. The molecule has 68 heavy (non-hydrogen) atoms. The summed E-state index contributed by atoms with van der Waals surface area (Å²) in [6.45, 7) is 13.6. The van der Waals surface area contributed by atoms with Crippen LogP contribution in [0.5, 0.6) is 0 Å². The summed E-state index contributed by atoms with van der Waals surface area (Å²) < 4.78 is 54.7. The predicted molar refractivity (Wildman–Crippen MR) is 238 cm³/mol. The van der Waals surface area contributed by atoms with E-state index in [1.165, 1.54) is 27.2 Å². The van der Waals surface area contributed by atoms with Crippen LogP contribution in [-0.4, -0.2) is 198 Å². The number of carboxylic acid groups (broad SMARTS) is 2. The van der Waals surface area contributed by atoms with Gasteiger partial charge in [-0.3, -0.25) is 9.59 Å². The maximum Gasteiger partial charge on any atom is 0.308 e. The average Bonchev–Trinajstić information content (AvgIpc) is 3.25. The molecule has 0 aromatic heterocycles. The van der Waals surface area contributed by atoms with E-state index < -0.39 is 146 Å².